The average Bonchev–Trinajstić information content (AvgIpc) is 3.20. The standard InChI is InChI=1S/C18H21FN4O/c1-12-3-2-4-15(17(12)19)18(24)22-7-5-14(6-8-22)23-16-11-20-9-13(16)10-21-23/h2-4,10,14,20H,5-9,11H2,1H3. The number of hydrogen-bond acceptors (Lipinski definition) is 3. The molecule has 2 aromatic rings. The zero-order valence-electron chi connectivity index (χ0n) is 13.8. The Bertz CT molecular complexity index is 777. The zero-order valence-corrected chi connectivity index (χ0v) is 13.8. The predicted octanol–water partition coefficient (Wildman–Crippen LogP) is 2.41. The van der Waals surface area contributed by atoms with Gasteiger partial charge in [0.2, 0.25) is 0 Å². The van der Waals surface area contributed by atoms with Crippen molar-refractivity contribution in [1.29, 1.82) is 0 Å². The van der Waals surface area contributed by atoms with Crippen molar-refractivity contribution in [1.82, 2.24) is 20.0 Å². The molecule has 1 saturated heterocycles. The van der Waals surface area contributed by atoms with E-state index >= 15 is 0 Å². The molecule has 2 aliphatic heterocycles. The van der Waals surface area contributed by atoms with E-state index in [1.807, 2.05) is 6.20 Å². The number of halogens is 1. The van der Waals surface area contributed by atoms with E-state index in [2.05, 4.69) is 15.1 Å². The van der Waals surface area contributed by atoms with Crippen LogP contribution in [-0.4, -0.2) is 33.7 Å². The van der Waals surface area contributed by atoms with E-state index in [0.717, 1.165) is 25.9 Å². The molecule has 2 aliphatic rings. The van der Waals surface area contributed by atoms with E-state index in [0.29, 0.717) is 24.7 Å². The first-order valence-corrected chi connectivity index (χ1v) is 8.45. The number of rotatable bonds is 2. The third-order valence-corrected chi connectivity index (χ3v) is 5.11. The Kier molecular flexibility index (Phi) is 3.84. The van der Waals surface area contributed by atoms with Crippen LogP contribution in [0.3, 0.4) is 0 Å². The van der Waals surface area contributed by atoms with Crippen molar-refractivity contribution >= 4 is 5.91 Å². The third kappa shape index (κ3) is 2.51. The Morgan fingerprint density at radius 1 is 1.29 bits per heavy atom. The summed E-state index contributed by atoms with van der Waals surface area (Å²) >= 11 is 0. The molecule has 6 heteroatoms. The maximum atomic E-state index is 14.2. The molecule has 4 rings (SSSR count). The maximum Gasteiger partial charge on any atom is 0.256 e. The van der Waals surface area contributed by atoms with Gasteiger partial charge in [0.25, 0.3) is 5.91 Å². The summed E-state index contributed by atoms with van der Waals surface area (Å²) in [6, 6.07) is 5.31. The van der Waals surface area contributed by atoms with Gasteiger partial charge in [-0.15, -0.1) is 0 Å². The van der Waals surface area contributed by atoms with Crippen molar-refractivity contribution in [3.63, 3.8) is 0 Å². The second kappa shape index (κ2) is 6.02. The first-order valence-electron chi connectivity index (χ1n) is 8.45. The number of hydrogen-bond donors (Lipinski definition) is 1. The molecular weight excluding hydrogens is 307 g/mol. The smallest absolute Gasteiger partial charge is 0.256 e. The van der Waals surface area contributed by atoms with Crippen LogP contribution in [0, 0.1) is 12.7 Å². The lowest BCUT2D eigenvalue weighted by Gasteiger charge is -2.33. The summed E-state index contributed by atoms with van der Waals surface area (Å²) in [6.45, 7) is 4.71. The molecule has 0 unspecified atom stereocenters. The molecule has 5 nitrogen and oxygen atoms in total. The van der Waals surface area contributed by atoms with Crippen molar-refractivity contribution in [2.75, 3.05) is 13.1 Å². The number of carbonyl (C=O) groups is 1. The van der Waals surface area contributed by atoms with E-state index in [-0.39, 0.29) is 11.5 Å². The Hall–Kier alpha value is -2.21. The quantitative estimate of drug-likeness (QED) is 0.921. The van der Waals surface area contributed by atoms with Gasteiger partial charge in [-0.05, 0) is 31.4 Å². The molecule has 1 N–H and O–H groups in total. The normalized spacial score (nSPS) is 18.0. The number of likely N-dealkylation sites (tertiary alicyclic amines) is 1. The molecule has 126 valence electrons. The lowest BCUT2D eigenvalue weighted by atomic mass is 10.0. The molecule has 0 spiro atoms. The van der Waals surface area contributed by atoms with Crippen molar-refractivity contribution in [2.45, 2.75) is 38.9 Å². The fourth-order valence-corrected chi connectivity index (χ4v) is 3.69. The molecule has 1 amide bonds. The largest absolute Gasteiger partial charge is 0.338 e. The third-order valence-electron chi connectivity index (χ3n) is 5.11. The van der Waals surface area contributed by atoms with Crippen molar-refractivity contribution < 1.29 is 9.18 Å². The highest BCUT2D eigenvalue weighted by Crippen LogP contribution is 2.27. The van der Waals surface area contributed by atoms with Gasteiger partial charge >= 0.3 is 0 Å². The number of piperidine rings is 1. The molecule has 0 saturated carbocycles. The Morgan fingerprint density at radius 3 is 2.88 bits per heavy atom. The van der Waals surface area contributed by atoms with Gasteiger partial charge in [-0.2, -0.15) is 5.10 Å². The number of nitrogens with one attached hydrogen (secondary N) is 1. The number of carbonyl (C=O) groups excluding carboxylic acids is 1. The van der Waals surface area contributed by atoms with Crippen LogP contribution in [0.5, 0.6) is 0 Å². The minimum absolute atomic E-state index is 0.178. The van der Waals surface area contributed by atoms with Crippen LogP contribution in [0.2, 0.25) is 0 Å². The van der Waals surface area contributed by atoms with Gasteiger partial charge in [-0.25, -0.2) is 4.39 Å². The van der Waals surface area contributed by atoms with Gasteiger partial charge in [-0.3, -0.25) is 9.48 Å². The number of benzene rings is 1. The molecule has 0 atom stereocenters. The Balaban J connectivity index is 1.46. The fraction of sp³-hybridized carbons (Fsp3) is 0.444. The van der Waals surface area contributed by atoms with Gasteiger partial charge in [0.05, 0.1) is 23.5 Å². The van der Waals surface area contributed by atoms with Crippen molar-refractivity contribution in [3.8, 4) is 0 Å². The highest BCUT2D eigenvalue weighted by atomic mass is 19.1. The van der Waals surface area contributed by atoms with Gasteiger partial charge in [0.1, 0.15) is 5.82 Å². The van der Waals surface area contributed by atoms with Gasteiger partial charge in [0, 0.05) is 31.7 Å². The molecule has 1 aromatic heterocycles. The van der Waals surface area contributed by atoms with Gasteiger partial charge in [0.15, 0.2) is 0 Å². The summed E-state index contributed by atoms with van der Waals surface area (Å²) in [5.41, 5.74) is 3.23. The highest BCUT2D eigenvalue weighted by Gasteiger charge is 2.29. The number of aryl methyl sites for hydroxylation is 1. The van der Waals surface area contributed by atoms with Gasteiger partial charge < -0.3 is 10.2 Å². The minimum atomic E-state index is -0.402. The van der Waals surface area contributed by atoms with E-state index in [9.17, 15) is 9.18 Å². The first-order chi connectivity index (χ1) is 11.6. The molecule has 0 radical (unpaired) electrons. The monoisotopic (exact) mass is 328 g/mol. The van der Waals surface area contributed by atoms with Crippen LogP contribution >= 0.6 is 0 Å². The summed E-state index contributed by atoms with van der Waals surface area (Å²) in [7, 11) is 0. The first kappa shape index (κ1) is 15.3. The fourth-order valence-electron chi connectivity index (χ4n) is 3.69. The zero-order chi connectivity index (χ0) is 16.7. The van der Waals surface area contributed by atoms with E-state index in [4.69, 9.17) is 0 Å². The molecule has 3 heterocycles. The van der Waals surface area contributed by atoms with E-state index in [1.54, 1.807) is 30.0 Å². The average molecular weight is 328 g/mol. The predicted molar refractivity (Wildman–Crippen MR) is 88.1 cm³/mol. The number of nitrogens with zero attached hydrogens (tertiary/aromatic N) is 3. The lowest BCUT2D eigenvalue weighted by molar-refractivity contribution is 0.0684. The van der Waals surface area contributed by atoms with Crippen molar-refractivity contribution in [2.24, 2.45) is 0 Å². The molecule has 0 aliphatic carbocycles. The summed E-state index contributed by atoms with van der Waals surface area (Å²) in [5.74, 6) is -0.609. The summed E-state index contributed by atoms with van der Waals surface area (Å²) in [5, 5.41) is 7.87. The molecule has 1 aromatic carbocycles. The van der Waals surface area contributed by atoms with E-state index < -0.39 is 5.82 Å². The highest BCUT2D eigenvalue weighted by molar-refractivity contribution is 5.94. The summed E-state index contributed by atoms with van der Waals surface area (Å²) in [6.07, 6.45) is 3.65. The number of aromatic nitrogens is 2. The van der Waals surface area contributed by atoms with Crippen LogP contribution in [0.15, 0.2) is 24.4 Å². The van der Waals surface area contributed by atoms with E-state index in [1.165, 1.54) is 11.3 Å². The number of amides is 1. The Morgan fingerprint density at radius 2 is 2.08 bits per heavy atom. The Labute approximate surface area is 140 Å². The number of fused-ring (bicyclic) bond motifs is 1. The van der Waals surface area contributed by atoms with Crippen LogP contribution in [-0.2, 0) is 13.1 Å². The second-order valence-electron chi connectivity index (χ2n) is 6.62. The second-order valence-corrected chi connectivity index (χ2v) is 6.62. The van der Waals surface area contributed by atoms with Gasteiger partial charge in [-0.1, -0.05) is 12.1 Å². The molecule has 0 bridgehead atoms. The minimum Gasteiger partial charge on any atom is -0.338 e. The van der Waals surface area contributed by atoms with Crippen molar-refractivity contribution in [3.05, 3.63) is 52.6 Å². The SMILES string of the molecule is Cc1cccc(C(=O)N2CCC(n3ncc4c3CNC4)CC2)c1F. The maximum absolute atomic E-state index is 14.2. The summed E-state index contributed by atoms with van der Waals surface area (Å²) < 4.78 is 16.3. The lowest BCUT2D eigenvalue weighted by Crippen LogP contribution is -2.40. The van der Waals surface area contributed by atoms with Crippen LogP contribution in [0.1, 0.15) is 46.1 Å². The van der Waals surface area contributed by atoms with Crippen LogP contribution < -0.4 is 5.32 Å². The topological polar surface area (TPSA) is 50.2 Å². The molecule has 1 fully saturated rings. The van der Waals surface area contributed by atoms with Crippen LogP contribution in [0.25, 0.3) is 0 Å². The molecular formula is C18H21FN4O. The summed E-state index contributed by atoms with van der Waals surface area (Å²) in [4.78, 5) is 14.4. The van der Waals surface area contributed by atoms with Crippen LogP contribution in [0.4, 0.5) is 4.39 Å². The molecule has 24 heavy (non-hydrogen) atoms.